The molecule has 1 saturated heterocycles. The van der Waals surface area contributed by atoms with Gasteiger partial charge in [-0.25, -0.2) is 9.78 Å². The highest BCUT2D eigenvalue weighted by Gasteiger charge is 2.28. The highest BCUT2D eigenvalue weighted by molar-refractivity contribution is 6.37. The number of fused-ring (bicyclic) bond motifs is 1. The van der Waals surface area contributed by atoms with Crippen LogP contribution >= 0.6 is 0 Å². The largest absolute Gasteiger partial charge is 0.484 e. The van der Waals surface area contributed by atoms with Gasteiger partial charge in [-0.2, -0.15) is 0 Å². The van der Waals surface area contributed by atoms with E-state index >= 15 is 0 Å². The molecule has 1 aromatic carbocycles. The average molecular weight is 438 g/mol. The lowest BCUT2D eigenvalue weighted by molar-refractivity contribution is -0.135. The van der Waals surface area contributed by atoms with Gasteiger partial charge in [0.1, 0.15) is 12.4 Å². The first-order chi connectivity index (χ1) is 15.4. The van der Waals surface area contributed by atoms with Crippen LogP contribution in [0.15, 0.2) is 36.4 Å². The topological polar surface area (TPSA) is 112 Å². The Morgan fingerprint density at radius 1 is 1.22 bits per heavy atom. The number of carbonyl (C=O) groups is 1. The number of nitrogens with one attached hydrogen (secondary N) is 2. The van der Waals surface area contributed by atoms with Gasteiger partial charge in [0.05, 0.1) is 13.2 Å². The van der Waals surface area contributed by atoms with Crippen molar-refractivity contribution in [3.8, 4) is 11.6 Å². The Balaban J connectivity index is 1.33. The summed E-state index contributed by atoms with van der Waals surface area (Å²) in [6.07, 6.45) is -0.212. The number of amidine groups is 2. The van der Waals surface area contributed by atoms with E-state index in [-0.39, 0.29) is 24.4 Å². The first kappa shape index (κ1) is 21.8. The number of esters is 1. The monoisotopic (exact) mass is 437 g/mol. The summed E-state index contributed by atoms with van der Waals surface area (Å²) in [5, 5.41) is 16.2. The predicted molar refractivity (Wildman–Crippen MR) is 118 cm³/mol. The van der Waals surface area contributed by atoms with Crippen molar-refractivity contribution in [3.63, 3.8) is 0 Å². The van der Waals surface area contributed by atoms with Crippen molar-refractivity contribution in [2.75, 3.05) is 32.8 Å². The molecule has 0 radical (unpaired) electrons. The second-order valence-corrected chi connectivity index (χ2v) is 7.79. The van der Waals surface area contributed by atoms with E-state index in [1.165, 1.54) is 4.90 Å². The van der Waals surface area contributed by atoms with E-state index in [0.717, 1.165) is 16.8 Å². The molecule has 0 amide bonds. The number of hydrogen-bond acceptors (Lipinski definition) is 8. The number of rotatable bonds is 4. The SMILES string of the molecule is CCOC(=O)C(=N)N1CCN(Cc2ccc(C3COc4ccc(C)nc4O3)cc2)CC1=N. The number of hydrogen-bond donors (Lipinski definition) is 2. The molecule has 2 N–H and O–H groups in total. The Morgan fingerprint density at radius 3 is 2.72 bits per heavy atom. The maximum atomic E-state index is 11.8. The molecule has 3 heterocycles. The van der Waals surface area contributed by atoms with Gasteiger partial charge in [-0.15, -0.1) is 0 Å². The van der Waals surface area contributed by atoms with Gasteiger partial charge in [0.2, 0.25) is 5.84 Å². The van der Waals surface area contributed by atoms with E-state index in [1.807, 2.05) is 31.2 Å². The summed E-state index contributed by atoms with van der Waals surface area (Å²) in [7, 11) is 0. The lowest BCUT2D eigenvalue weighted by Gasteiger charge is -2.35. The van der Waals surface area contributed by atoms with Crippen LogP contribution in [-0.2, 0) is 16.1 Å². The van der Waals surface area contributed by atoms with E-state index in [1.54, 1.807) is 6.92 Å². The highest BCUT2D eigenvalue weighted by atomic mass is 16.6. The Bertz CT molecular complexity index is 1020. The number of pyridine rings is 1. The third-order valence-corrected chi connectivity index (χ3v) is 5.44. The molecule has 0 aliphatic carbocycles. The van der Waals surface area contributed by atoms with Gasteiger partial charge < -0.3 is 19.1 Å². The number of piperazine rings is 1. The number of aryl methyl sites for hydroxylation is 1. The van der Waals surface area contributed by atoms with Gasteiger partial charge in [-0.3, -0.25) is 15.7 Å². The summed E-state index contributed by atoms with van der Waals surface area (Å²) in [6.45, 7) is 6.36. The maximum absolute atomic E-state index is 11.8. The number of benzene rings is 1. The normalized spacial score (nSPS) is 18.4. The number of aromatic nitrogens is 1. The minimum atomic E-state index is -0.691. The maximum Gasteiger partial charge on any atom is 0.373 e. The standard InChI is InChI=1S/C23H27N5O4/c1-3-30-23(29)21(25)28-11-10-27(13-20(28)24)12-16-5-7-17(8-6-16)19-14-31-18-9-4-15(2)26-22(18)32-19/h4-9,19,24-25H,3,10-14H2,1-2H3. The van der Waals surface area contributed by atoms with Crippen LogP contribution in [0.3, 0.4) is 0 Å². The summed E-state index contributed by atoms with van der Waals surface area (Å²) in [5.74, 6) is 0.446. The predicted octanol–water partition coefficient (Wildman–Crippen LogP) is 2.54. The number of ether oxygens (including phenoxy) is 3. The molecule has 2 aliphatic rings. The van der Waals surface area contributed by atoms with E-state index in [2.05, 4.69) is 22.0 Å². The fourth-order valence-corrected chi connectivity index (χ4v) is 3.75. The Hall–Kier alpha value is -3.46. The van der Waals surface area contributed by atoms with Crippen LogP contribution in [0.1, 0.15) is 29.8 Å². The van der Waals surface area contributed by atoms with Crippen LogP contribution in [0.5, 0.6) is 11.6 Å². The Morgan fingerprint density at radius 2 is 2.00 bits per heavy atom. The van der Waals surface area contributed by atoms with Crippen LogP contribution in [0.2, 0.25) is 0 Å². The molecule has 1 aromatic heterocycles. The zero-order valence-electron chi connectivity index (χ0n) is 18.3. The second kappa shape index (κ2) is 9.35. The summed E-state index contributed by atoms with van der Waals surface area (Å²) >= 11 is 0. The molecule has 32 heavy (non-hydrogen) atoms. The number of carbonyl (C=O) groups excluding carboxylic acids is 1. The lowest BCUT2D eigenvalue weighted by Crippen LogP contribution is -2.53. The van der Waals surface area contributed by atoms with Gasteiger partial charge in [-0.05, 0) is 37.1 Å². The van der Waals surface area contributed by atoms with Crippen LogP contribution in [-0.4, -0.2) is 65.3 Å². The smallest absolute Gasteiger partial charge is 0.373 e. The Labute approximate surface area is 186 Å². The van der Waals surface area contributed by atoms with Crippen LogP contribution < -0.4 is 9.47 Å². The van der Waals surface area contributed by atoms with Gasteiger partial charge in [0.15, 0.2) is 11.9 Å². The fourth-order valence-electron chi connectivity index (χ4n) is 3.75. The summed E-state index contributed by atoms with van der Waals surface area (Å²) in [5.41, 5.74) is 3.01. The number of nitrogens with zero attached hydrogens (tertiary/aromatic N) is 3. The molecule has 0 bridgehead atoms. The Kier molecular flexibility index (Phi) is 6.36. The lowest BCUT2D eigenvalue weighted by atomic mass is 10.1. The van der Waals surface area contributed by atoms with Gasteiger partial charge in [-0.1, -0.05) is 24.3 Å². The van der Waals surface area contributed by atoms with Gasteiger partial charge in [0, 0.05) is 25.3 Å². The quantitative estimate of drug-likeness (QED) is 0.429. The summed E-state index contributed by atoms with van der Waals surface area (Å²) in [4.78, 5) is 19.7. The second-order valence-electron chi connectivity index (χ2n) is 7.79. The first-order valence-corrected chi connectivity index (χ1v) is 10.6. The van der Waals surface area contributed by atoms with Crippen molar-refractivity contribution in [2.45, 2.75) is 26.5 Å². The van der Waals surface area contributed by atoms with Crippen molar-refractivity contribution < 1.29 is 19.0 Å². The van der Waals surface area contributed by atoms with Gasteiger partial charge in [0.25, 0.3) is 5.88 Å². The molecule has 0 saturated carbocycles. The van der Waals surface area contributed by atoms with Crippen molar-refractivity contribution in [2.24, 2.45) is 0 Å². The molecule has 4 rings (SSSR count). The van der Waals surface area contributed by atoms with Crippen molar-refractivity contribution in [3.05, 3.63) is 53.2 Å². The van der Waals surface area contributed by atoms with E-state index in [9.17, 15) is 4.79 Å². The zero-order valence-corrected chi connectivity index (χ0v) is 18.3. The fraction of sp³-hybridized carbons (Fsp3) is 0.391. The molecule has 1 unspecified atom stereocenters. The minimum absolute atomic E-state index is 0.212. The minimum Gasteiger partial charge on any atom is -0.484 e. The van der Waals surface area contributed by atoms with Crippen LogP contribution in [0, 0.1) is 17.7 Å². The van der Waals surface area contributed by atoms with E-state index < -0.39 is 5.97 Å². The molecule has 1 atom stereocenters. The first-order valence-electron chi connectivity index (χ1n) is 10.6. The third kappa shape index (κ3) is 4.72. The highest BCUT2D eigenvalue weighted by Crippen LogP contribution is 2.34. The van der Waals surface area contributed by atoms with Crippen molar-refractivity contribution in [1.29, 1.82) is 10.8 Å². The van der Waals surface area contributed by atoms with Crippen molar-refractivity contribution >= 4 is 17.6 Å². The summed E-state index contributed by atoms with van der Waals surface area (Å²) < 4.78 is 16.7. The van der Waals surface area contributed by atoms with E-state index in [4.69, 9.17) is 25.0 Å². The van der Waals surface area contributed by atoms with Crippen LogP contribution in [0.4, 0.5) is 0 Å². The third-order valence-electron chi connectivity index (χ3n) is 5.44. The van der Waals surface area contributed by atoms with Gasteiger partial charge >= 0.3 is 5.97 Å². The molecular weight excluding hydrogens is 410 g/mol. The molecule has 9 heteroatoms. The zero-order chi connectivity index (χ0) is 22.7. The molecule has 0 spiro atoms. The molecule has 1 fully saturated rings. The van der Waals surface area contributed by atoms with E-state index in [0.29, 0.717) is 44.4 Å². The van der Waals surface area contributed by atoms with Crippen molar-refractivity contribution in [1.82, 2.24) is 14.8 Å². The molecule has 2 aliphatic heterocycles. The summed E-state index contributed by atoms with van der Waals surface area (Å²) in [6, 6.07) is 11.9. The molecule has 9 nitrogen and oxygen atoms in total. The molecule has 168 valence electrons. The molecular formula is C23H27N5O4. The molecule has 2 aromatic rings. The van der Waals surface area contributed by atoms with Crippen LogP contribution in [0.25, 0.3) is 0 Å². The average Bonchev–Trinajstić information content (AvgIpc) is 2.79.